The maximum absolute atomic E-state index is 11.6. The van der Waals surface area contributed by atoms with Gasteiger partial charge in [0.1, 0.15) is 17.3 Å². The van der Waals surface area contributed by atoms with Crippen molar-refractivity contribution in [3.05, 3.63) is 58.1 Å². The Morgan fingerprint density at radius 2 is 1.71 bits per heavy atom. The molecule has 0 spiro atoms. The summed E-state index contributed by atoms with van der Waals surface area (Å²) in [5, 5.41) is 5.47. The van der Waals surface area contributed by atoms with Crippen LogP contribution in [0.5, 0.6) is 5.75 Å². The Hall–Kier alpha value is -1.56. The lowest BCUT2D eigenvalue weighted by molar-refractivity contribution is 0.298. The highest BCUT2D eigenvalue weighted by molar-refractivity contribution is 7.89. The van der Waals surface area contributed by atoms with Gasteiger partial charge in [-0.3, -0.25) is 0 Å². The van der Waals surface area contributed by atoms with Crippen LogP contribution in [0.1, 0.15) is 16.7 Å². The van der Waals surface area contributed by atoms with Crippen molar-refractivity contribution in [1.82, 2.24) is 0 Å². The molecule has 0 heterocycles. The van der Waals surface area contributed by atoms with Gasteiger partial charge in [0.15, 0.2) is 0 Å². The molecule has 0 aliphatic carbocycles. The number of hydrogen-bond acceptors (Lipinski definition) is 3. The summed E-state index contributed by atoms with van der Waals surface area (Å²) in [4.78, 5) is -0.112. The van der Waals surface area contributed by atoms with Crippen LogP contribution in [0, 0.1) is 13.8 Å². The summed E-state index contributed by atoms with van der Waals surface area (Å²) >= 11 is 5.81. The average molecular weight is 326 g/mol. The lowest BCUT2D eigenvalue weighted by atomic mass is 10.1. The molecule has 0 unspecified atom stereocenters. The minimum absolute atomic E-state index is 0.112. The average Bonchev–Trinajstić information content (AvgIpc) is 2.35. The molecule has 0 aliphatic heterocycles. The van der Waals surface area contributed by atoms with E-state index in [0.29, 0.717) is 0 Å². The van der Waals surface area contributed by atoms with Crippen LogP contribution in [0.2, 0.25) is 5.02 Å². The molecule has 4 nitrogen and oxygen atoms in total. The number of sulfonamides is 1. The molecular formula is C15H16ClNO3S. The second-order valence-electron chi connectivity index (χ2n) is 4.92. The Labute approximate surface area is 129 Å². The van der Waals surface area contributed by atoms with Crippen molar-refractivity contribution in [3.8, 4) is 5.75 Å². The highest BCUT2D eigenvalue weighted by atomic mass is 35.5. The molecule has 6 heteroatoms. The number of hydrogen-bond donors (Lipinski definition) is 1. The maximum atomic E-state index is 11.6. The van der Waals surface area contributed by atoms with E-state index in [2.05, 4.69) is 6.07 Å². The molecule has 0 bridgehead atoms. The summed E-state index contributed by atoms with van der Waals surface area (Å²) in [7, 11) is -3.89. The molecule has 0 fully saturated rings. The van der Waals surface area contributed by atoms with Gasteiger partial charge < -0.3 is 4.74 Å². The predicted octanol–water partition coefficient (Wildman–Crippen LogP) is 3.18. The number of benzene rings is 2. The Morgan fingerprint density at radius 1 is 1.10 bits per heavy atom. The molecule has 0 radical (unpaired) electrons. The molecule has 0 amide bonds. The van der Waals surface area contributed by atoms with Crippen LogP contribution in [-0.4, -0.2) is 8.42 Å². The third kappa shape index (κ3) is 4.20. The Balaban J connectivity index is 2.28. The quantitative estimate of drug-likeness (QED) is 0.938. The zero-order chi connectivity index (χ0) is 15.6. The minimum Gasteiger partial charge on any atom is -0.487 e. The van der Waals surface area contributed by atoms with E-state index in [1.165, 1.54) is 12.1 Å². The van der Waals surface area contributed by atoms with Crippen molar-refractivity contribution in [3.63, 3.8) is 0 Å². The molecular weight excluding hydrogens is 310 g/mol. The Morgan fingerprint density at radius 3 is 2.29 bits per heavy atom. The Kier molecular flexibility index (Phi) is 4.56. The number of halogens is 1. The molecule has 0 saturated carbocycles. The van der Waals surface area contributed by atoms with E-state index in [1.54, 1.807) is 6.07 Å². The van der Waals surface area contributed by atoms with Crippen molar-refractivity contribution in [2.24, 2.45) is 5.14 Å². The summed E-state index contributed by atoms with van der Waals surface area (Å²) in [6, 6.07) is 10.4. The summed E-state index contributed by atoms with van der Waals surface area (Å²) < 4.78 is 28.7. The van der Waals surface area contributed by atoms with Gasteiger partial charge in [-0.25, -0.2) is 13.6 Å². The number of primary sulfonamides is 1. The first-order chi connectivity index (χ1) is 9.75. The van der Waals surface area contributed by atoms with E-state index in [1.807, 2.05) is 26.0 Å². The Bertz CT molecular complexity index is 752. The number of aryl methyl sites for hydroxylation is 2. The second-order valence-corrected chi connectivity index (χ2v) is 6.89. The summed E-state index contributed by atoms with van der Waals surface area (Å²) in [5.74, 6) is 0.195. The van der Waals surface area contributed by atoms with Gasteiger partial charge in [0, 0.05) is 5.02 Å². The van der Waals surface area contributed by atoms with Crippen LogP contribution in [-0.2, 0) is 16.6 Å². The fraction of sp³-hybridized carbons (Fsp3) is 0.200. The smallest absolute Gasteiger partial charge is 0.241 e. The van der Waals surface area contributed by atoms with Crippen LogP contribution in [0.3, 0.4) is 0 Å². The number of ether oxygens (including phenoxy) is 1. The van der Waals surface area contributed by atoms with Crippen molar-refractivity contribution in [2.75, 3.05) is 0 Å². The van der Waals surface area contributed by atoms with Gasteiger partial charge in [-0.2, -0.15) is 0 Å². The monoisotopic (exact) mass is 325 g/mol. The van der Waals surface area contributed by atoms with E-state index in [0.717, 1.165) is 16.7 Å². The number of nitrogens with two attached hydrogens (primary N) is 1. The lowest BCUT2D eigenvalue weighted by Crippen LogP contribution is -2.14. The molecule has 0 atom stereocenters. The third-order valence-corrected chi connectivity index (χ3v) is 4.06. The van der Waals surface area contributed by atoms with E-state index >= 15 is 0 Å². The molecule has 0 saturated heterocycles. The van der Waals surface area contributed by atoms with Crippen molar-refractivity contribution in [2.45, 2.75) is 25.3 Å². The van der Waals surface area contributed by atoms with E-state index in [4.69, 9.17) is 21.5 Å². The molecule has 0 aromatic heterocycles. The van der Waals surface area contributed by atoms with E-state index < -0.39 is 10.0 Å². The standard InChI is InChI=1S/C15H16ClNO3S/c1-10-5-11(2)7-12(6-10)9-20-14-4-3-13(16)8-15(14)21(17,18)19/h3-8H,9H2,1-2H3,(H2,17,18,19). The van der Waals surface area contributed by atoms with E-state index in [-0.39, 0.29) is 22.3 Å². The predicted molar refractivity (Wildman–Crippen MR) is 83.1 cm³/mol. The zero-order valence-electron chi connectivity index (χ0n) is 11.8. The van der Waals surface area contributed by atoms with Crippen molar-refractivity contribution >= 4 is 21.6 Å². The van der Waals surface area contributed by atoms with Gasteiger partial charge in [-0.05, 0) is 37.6 Å². The maximum Gasteiger partial charge on any atom is 0.241 e. The van der Waals surface area contributed by atoms with Crippen molar-refractivity contribution < 1.29 is 13.2 Å². The first-order valence-corrected chi connectivity index (χ1v) is 8.20. The molecule has 2 aromatic carbocycles. The van der Waals surface area contributed by atoms with Crippen LogP contribution >= 0.6 is 11.6 Å². The van der Waals surface area contributed by atoms with Gasteiger partial charge in [0.05, 0.1) is 0 Å². The summed E-state index contributed by atoms with van der Waals surface area (Å²) in [6.45, 7) is 4.25. The molecule has 2 rings (SSSR count). The van der Waals surface area contributed by atoms with Crippen LogP contribution in [0.25, 0.3) is 0 Å². The fourth-order valence-corrected chi connectivity index (χ4v) is 3.07. The topological polar surface area (TPSA) is 69.4 Å². The van der Waals surface area contributed by atoms with E-state index in [9.17, 15) is 8.42 Å². The first-order valence-electron chi connectivity index (χ1n) is 6.28. The summed E-state index contributed by atoms with van der Waals surface area (Å²) in [6.07, 6.45) is 0. The van der Waals surface area contributed by atoms with Gasteiger partial charge in [0.25, 0.3) is 0 Å². The molecule has 2 aromatic rings. The van der Waals surface area contributed by atoms with Gasteiger partial charge in [0.2, 0.25) is 10.0 Å². The highest BCUT2D eigenvalue weighted by Gasteiger charge is 2.16. The van der Waals surface area contributed by atoms with Crippen LogP contribution in [0.15, 0.2) is 41.3 Å². The second kappa shape index (κ2) is 6.05. The van der Waals surface area contributed by atoms with Crippen LogP contribution in [0.4, 0.5) is 0 Å². The summed E-state index contributed by atoms with van der Waals surface area (Å²) in [5.41, 5.74) is 3.20. The zero-order valence-corrected chi connectivity index (χ0v) is 13.3. The largest absolute Gasteiger partial charge is 0.487 e. The minimum atomic E-state index is -3.89. The lowest BCUT2D eigenvalue weighted by Gasteiger charge is -2.11. The van der Waals surface area contributed by atoms with Crippen molar-refractivity contribution in [1.29, 1.82) is 0 Å². The SMILES string of the molecule is Cc1cc(C)cc(COc2ccc(Cl)cc2S(N)(=O)=O)c1. The fourth-order valence-electron chi connectivity index (χ4n) is 2.14. The molecule has 21 heavy (non-hydrogen) atoms. The highest BCUT2D eigenvalue weighted by Crippen LogP contribution is 2.27. The van der Waals surface area contributed by atoms with Gasteiger partial charge in [-0.15, -0.1) is 0 Å². The van der Waals surface area contributed by atoms with Gasteiger partial charge >= 0.3 is 0 Å². The normalized spacial score (nSPS) is 11.4. The molecule has 2 N–H and O–H groups in total. The third-order valence-electron chi connectivity index (χ3n) is 2.89. The van der Waals surface area contributed by atoms with Gasteiger partial charge in [-0.1, -0.05) is 40.9 Å². The molecule has 112 valence electrons. The van der Waals surface area contributed by atoms with Crippen LogP contribution < -0.4 is 9.88 Å². The molecule has 0 aliphatic rings. The number of rotatable bonds is 4. The first kappa shape index (κ1) is 15.8.